The molecule has 0 aromatic rings. The van der Waals surface area contributed by atoms with Crippen LogP contribution in [0, 0.1) is 0 Å². The van der Waals surface area contributed by atoms with Gasteiger partial charge in [-0.05, 0) is 12.5 Å². The molecule has 10 heavy (non-hydrogen) atoms. The van der Waals surface area contributed by atoms with E-state index in [0.717, 1.165) is 6.04 Å². The van der Waals surface area contributed by atoms with E-state index >= 15 is 0 Å². The second kappa shape index (κ2) is 2.89. The van der Waals surface area contributed by atoms with E-state index < -0.39 is 8.07 Å². The van der Waals surface area contributed by atoms with E-state index in [1.165, 1.54) is 12.5 Å². The largest absolute Gasteiger partial charge is 0.389 e. The molecule has 1 aliphatic rings. The van der Waals surface area contributed by atoms with E-state index in [2.05, 4.69) is 19.2 Å². The molecule has 0 unspecified atom stereocenters. The molecule has 0 saturated heterocycles. The first kappa shape index (κ1) is 8.02. The maximum atomic E-state index is 9.37. The zero-order valence-corrected chi connectivity index (χ0v) is 7.80. The SMILES string of the molecule is C[Si]1(C)CCC=C[C@H](O)C1. The molecule has 1 nitrogen and oxygen atoms in total. The highest BCUT2D eigenvalue weighted by atomic mass is 28.3. The number of aliphatic hydroxyl groups is 1. The van der Waals surface area contributed by atoms with Gasteiger partial charge in [-0.2, -0.15) is 0 Å². The first-order chi connectivity index (χ1) is 4.60. The van der Waals surface area contributed by atoms with Gasteiger partial charge in [0.1, 0.15) is 0 Å². The minimum atomic E-state index is -1.02. The first-order valence-corrected chi connectivity index (χ1v) is 7.36. The molecule has 0 amide bonds. The summed E-state index contributed by atoms with van der Waals surface area (Å²) in [6.07, 6.45) is 5.09. The lowest BCUT2D eigenvalue weighted by Gasteiger charge is -2.20. The molecular formula is C8H16OSi. The summed E-state index contributed by atoms with van der Waals surface area (Å²) in [5.74, 6) is 0. The Morgan fingerprint density at radius 2 is 2.20 bits per heavy atom. The van der Waals surface area contributed by atoms with Crippen LogP contribution in [0.5, 0.6) is 0 Å². The Hall–Kier alpha value is -0.0831. The van der Waals surface area contributed by atoms with Gasteiger partial charge in [-0.25, -0.2) is 0 Å². The minimum Gasteiger partial charge on any atom is -0.389 e. The number of allylic oxidation sites excluding steroid dienone is 1. The third-order valence-corrected chi connectivity index (χ3v) is 5.27. The van der Waals surface area contributed by atoms with Crippen LogP contribution in [0.3, 0.4) is 0 Å². The van der Waals surface area contributed by atoms with Gasteiger partial charge in [-0.15, -0.1) is 0 Å². The third-order valence-electron chi connectivity index (χ3n) is 2.11. The summed E-state index contributed by atoms with van der Waals surface area (Å²) in [6, 6.07) is 2.38. The number of hydrogen-bond acceptors (Lipinski definition) is 1. The average molecular weight is 156 g/mol. The molecule has 0 radical (unpaired) electrons. The van der Waals surface area contributed by atoms with Crippen LogP contribution >= 0.6 is 0 Å². The summed E-state index contributed by atoms with van der Waals surface area (Å²) in [5.41, 5.74) is 0. The highest BCUT2D eigenvalue weighted by Gasteiger charge is 2.24. The minimum absolute atomic E-state index is 0.149. The summed E-state index contributed by atoms with van der Waals surface area (Å²) in [4.78, 5) is 0. The van der Waals surface area contributed by atoms with E-state index in [-0.39, 0.29) is 6.10 Å². The van der Waals surface area contributed by atoms with Gasteiger partial charge in [0.2, 0.25) is 0 Å². The molecule has 0 aromatic carbocycles. The van der Waals surface area contributed by atoms with Crippen molar-refractivity contribution < 1.29 is 5.11 Å². The Kier molecular flexibility index (Phi) is 2.31. The van der Waals surface area contributed by atoms with Crippen LogP contribution < -0.4 is 0 Å². The Morgan fingerprint density at radius 3 is 2.90 bits per heavy atom. The molecule has 1 heterocycles. The molecule has 1 rings (SSSR count). The van der Waals surface area contributed by atoms with Crippen LogP contribution in [0.2, 0.25) is 25.2 Å². The molecule has 1 N–H and O–H groups in total. The fraction of sp³-hybridized carbons (Fsp3) is 0.750. The van der Waals surface area contributed by atoms with Crippen molar-refractivity contribution in [3.8, 4) is 0 Å². The molecule has 0 fully saturated rings. The maximum absolute atomic E-state index is 9.37. The van der Waals surface area contributed by atoms with Crippen molar-refractivity contribution in [3.63, 3.8) is 0 Å². The zero-order chi connectivity index (χ0) is 7.61. The Balaban J connectivity index is 2.55. The fourth-order valence-corrected chi connectivity index (χ4v) is 3.88. The van der Waals surface area contributed by atoms with Gasteiger partial charge < -0.3 is 5.11 Å². The van der Waals surface area contributed by atoms with Crippen LogP contribution in [0.1, 0.15) is 6.42 Å². The zero-order valence-electron chi connectivity index (χ0n) is 6.80. The standard InChI is InChI=1S/C8H16OSi/c1-10(2)6-4-3-5-8(9)7-10/h3,5,8-9H,4,6-7H2,1-2H3/t8-/m0/s1. The molecule has 1 atom stereocenters. The smallest absolute Gasteiger partial charge is 0.0697 e. The lowest BCUT2D eigenvalue weighted by atomic mass is 10.3. The van der Waals surface area contributed by atoms with Crippen molar-refractivity contribution in [1.82, 2.24) is 0 Å². The summed E-state index contributed by atoms with van der Waals surface area (Å²) >= 11 is 0. The molecular weight excluding hydrogens is 140 g/mol. The lowest BCUT2D eigenvalue weighted by molar-refractivity contribution is 0.242. The normalized spacial score (nSPS) is 31.7. The van der Waals surface area contributed by atoms with Crippen molar-refractivity contribution in [2.45, 2.75) is 37.7 Å². The van der Waals surface area contributed by atoms with Crippen molar-refractivity contribution in [2.24, 2.45) is 0 Å². The predicted octanol–water partition coefficient (Wildman–Crippen LogP) is 2.02. The van der Waals surface area contributed by atoms with Crippen LogP contribution in [-0.2, 0) is 0 Å². The number of rotatable bonds is 0. The quantitative estimate of drug-likeness (QED) is 0.420. The Morgan fingerprint density at radius 1 is 1.50 bits per heavy atom. The van der Waals surface area contributed by atoms with Crippen LogP contribution in [-0.4, -0.2) is 19.3 Å². The lowest BCUT2D eigenvalue weighted by Crippen LogP contribution is -2.28. The molecule has 0 aliphatic carbocycles. The van der Waals surface area contributed by atoms with Crippen LogP contribution in [0.4, 0.5) is 0 Å². The van der Waals surface area contributed by atoms with Gasteiger partial charge in [-0.3, -0.25) is 0 Å². The molecule has 0 bridgehead atoms. The summed E-state index contributed by atoms with van der Waals surface area (Å²) in [5, 5.41) is 9.37. The van der Waals surface area contributed by atoms with Crippen LogP contribution in [0.25, 0.3) is 0 Å². The van der Waals surface area contributed by atoms with Gasteiger partial charge in [0.25, 0.3) is 0 Å². The van der Waals surface area contributed by atoms with Gasteiger partial charge in [0, 0.05) is 0 Å². The second-order valence-corrected chi connectivity index (χ2v) is 9.14. The van der Waals surface area contributed by atoms with Crippen molar-refractivity contribution >= 4 is 8.07 Å². The Bertz CT molecular complexity index is 140. The fourth-order valence-electron chi connectivity index (χ4n) is 1.46. The van der Waals surface area contributed by atoms with Gasteiger partial charge in [-0.1, -0.05) is 31.3 Å². The third kappa shape index (κ3) is 2.27. The van der Waals surface area contributed by atoms with Gasteiger partial charge in [0.05, 0.1) is 14.2 Å². The van der Waals surface area contributed by atoms with E-state index in [1.54, 1.807) is 0 Å². The van der Waals surface area contributed by atoms with Crippen molar-refractivity contribution in [2.75, 3.05) is 0 Å². The maximum Gasteiger partial charge on any atom is 0.0697 e. The van der Waals surface area contributed by atoms with E-state index in [1.807, 2.05) is 6.08 Å². The summed E-state index contributed by atoms with van der Waals surface area (Å²) in [6.45, 7) is 4.70. The highest BCUT2D eigenvalue weighted by molar-refractivity contribution is 6.77. The summed E-state index contributed by atoms with van der Waals surface area (Å²) < 4.78 is 0. The van der Waals surface area contributed by atoms with Gasteiger partial charge in [0.15, 0.2) is 0 Å². The van der Waals surface area contributed by atoms with E-state index in [0.29, 0.717) is 0 Å². The van der Waals surface area contributed by atoms with E-state index in [9.17, 15) is 5.11 Å². The monoisotopic (exact) mass is 156 g/mol. The molecule has 58 valence electrons. The first-order valence-electron chi connectivity index (χ1n) is 3.95. The molecule has 2 heteroatoms. The topological polar surface area (TPSA) is 20.2 Å². The summed E-state index contributed by atoms with van der Waals surface area (Å²) in [7, 11) is -1.02. The second-order valence-electron chi connectivity index (χ2n) is 3.90. The molecule has 0 saturated carbocycles. The Labute approximate surface area is 63.8 Å². The van der Waals surface area contributed by atoms with Crippen LogP contribution in [0.15, 0.2) is 12.2 Å². The van der Waals surface area contributed by atoms with Crippen molar-refractivity contribution in [3.05, 3.63) is 12.2 Å². The van der Waals surface area contributed by atoms with E-state index in [4.69, 9.17) is 0 Å². The predicted molar refractivity (Wildman–Crippen MR) is 46.9 cm³/mol. The number of hydrogen-bond donors (Lipinski definition) is 1. The van der Waals surface area contributed by atoms with Crippen molar-refractivity contribution in [1.29, 1.82) is 0 Å². The molecule has 1 aliphatic heterocycles. The number of aliphatic hydroxyl groups excluding tert-OH is 1. The average Bonchev–Trinajstić information content (AvgIpc) is 1.90. The van der Waals surface area contributed by atoms with Gasteiger partial charge >= 0.3 is 0 Å². The highest BCUT2D eigenvalue weighted by Crippen LogP contribution is 2.23. The molecule has 0 aromatic heterocycles. The molecule has 0 spiro atoms.